The zero-order valence-corrected chi connectivity index (χ0v) is 13.5. The number of benzene rings is 1. The minimum atomic E-state index is -0.134. The molecule has 0 saturated heterocycles. The van der Waals surface area contributed by atoms with Crippen molar-refractivity contribution in [1.29, 1.82) is 0 Å². The molecule has 1 aromatic rings. The third-order valence-corrected chi connectivity index (χ3v) is 4.10. The molecule has 2 heteroatoms. The Bertz CT molecular complexity index is 383. The molecular formula is C18H30FN. The van der Waals surface area contributed by atoms with Crippen molar-refractivity contribution in [3.8, 4) is 0 Å². The summed E-state index contributed by atoms with van der Waals surface area (Å²) in [6.45, 7) is 9.69. The fourth-order valence-electron chi connectivity index (χ4n) is 3.08. The summed E-state index contributed by atoms with van der Waals surface area (Å²) in [5, 5.41) is 3.65. The van der Waals surface area contributed by atoms with Gasteiger partial charge in [0.25, 0.3) is 0 Å². The van der Waals surface area contributed by atoms with E-state index in [0.29, 0.717) is 6.04 Å². The lowest BCUT2D eigenvalue weighted by atomic mass is 9.85. The van der Waals surface area contributed by atoms with Gasteiger partial charge in [0.15, 0.2) is 0 Å². The maximum atomic E-state index is 13.2. The lowest BCUT2D eigenvalue weighted by Gasteiger charge is -2.28. The third-order valence-electron chi connectivity index (χ3n) is 4.10. The van der Waals surface area contributed by atoms with Gasteiger partial charge in [-0.1, -0.05) is 39.7 Å². The highest BCUT2D eigenvalue weighted by atomic mass is 19.1. The topological polar surface area (TPSA) is 12.0 Å². The molecule has 1 nitrogen and oxygen atoms in total. The van der Waals surface area contributed by atoms with Crippen molar-refractivity contribution in [2.45, 2.75) is 65.8 Å². The highest BCUT2D eigenvalue weighted by molar-refractivity contribution is 5.27. The second-order valence-electron chi connectivity index (χ2n) is 5.78. The second-order valence-corrected chi connectivity index (χ2v) is 5.78. The van der Waals surface area contributed by atoms with E-state index < -0.39 is 0 Å². The number of hydrogen-bond donors (Lipinski definition) is 1. The quantitative estimate of drug-likeness (QED) is 0.680. The first-order valence-electron chi connectivity index (χ1n) is 8.10. The number of rotatable bonds is 9. The Balaban J connectivity index is 2.83. The van der Waals surface area contributed by atoms with E-state index in [-0.39, 0.29) is 5.82 Å². The van der Waals surface area contributed by atoms with Gasteiger partial charge >= 0.3 is 0 Å². The van der Waals surface area contributed by atoms with E-state index in [4.69, 9.17) is 0 Å². The molecule has 0 fully saturated rings. The van der Waals surface area contributed by atoms with Crippen molar-refractivity contribution in [2.75, 3.05) is 6.54 Å². The Hall–Kier alpha value is -0.890. The summed E-state index contributed by atoms with van der Waals surface area (Å²) in [5.74, 6) is 0.583. The fourth-order valence-corrected chi connectivity index (χ4v) is 3.08. The molecule has 1 unspecified atom stereocenters. The summed E-state index contributed by atoms with van der Waals surface area (Å²) in [7, 11) is 0. The van der Waals surface area contributed by atoms with E-state index in [9.17, 15) is 4.39 Å². The van der Waals surface area contributed by atoms with Crippen LogP contribution in [-0.4, -0.2) is 12.6 Å². The third kappa shape index (κ3) is 5.24. The summed E-state index contributed by atoms with van der Waals surface area (Å²) < 4.78 is 13.2. The van der Waals surface area contributed by atoms with Crippen molar-refractivity contribution in [2.24, 2.45) is 5.92 Å². The fraction of sp³-hybridized carbons (Fsp3) is 0.667. The van der Waals surface area contributed by atoms with Gasteiger partial charge in [-0.05, 0) is 61.9 Å². The monoisotopic (exact) mass is 279 g/mol. The van der Waals surface area contributed by atoms with Crippen molar-refractivity contribution < 1.29 is 4.39 Å². The molecule has 0 aliphatic heterocycles. The van der Waals surface area contributed by atoms with Gasteiger partial charge in [0, 0.05) is 6.04 Å². The summed E-state index contributed by atoms with van der Waals surface area (Å²) in [6.07, 6.45) is 6.01. The Kier molecular flexibility index (Phi) is 7.83. The lowest BCUT2D eigenvalue weighted by molar-refractivity contribution is 0.312. The minimum absolute atomic E-state index is 0.134. The predicted octanol–water partition coefficient (Wildman–Crippen LogP) is 4.87. The van der Waals surface area contributed by atoms with Gasteiger partial charge in [0.2, 0.25) is 0 Å². The zero-order chi connectivity index (χ0) is 15.0. The van der Waals surface area contributed by atoms with E-state index in [0.717, 1.165) is 24.4 Å². The molecule has 0 saturated carbocycles. The first-order chi connectivity index (χ1) is 9.62. The van der Waals surface area contributed by atoms with E-state index in [1.807, 2.05) is 13.0 Å². The summed E-state index contributed by atoms with van der Waals surface area (Å²) in [6, 6.07) is 5.68. The Morgan fingerprint density at radius 3 is 2.25 bits per heavy atom. The van der Waals surface area contributed by atoms with Crippen molar-refractivity contribution >= 4 is 0 Å². The molecule has 0 heterocycles. The van der Waals surface area contributed by atoms with Gasteiger partial charge < -0.3 is 5.32 Å². The van der Waals surface area contributed by atoms with E-state index in [1.54, 1.807) is 12.1 Å². The standard InChI is InChI=1S/C18H30FN/c1-5-8-15(9-6-2)18(20-7-3)13-16-10-11-17(19)12-14(16)4/h10-12,15,18,20H,5-9,13H2,1-4H3. The average molecular weight is 279 g/mol. The van der Waals surface area contributed by atoms with Gasteiger partial charge in [-0.15, -0.1) is 0 Å². The normalized spacial score (nSPS) is 12.9. The van der Waals surface area contributed by atoms with Gasteiger partial charge in [-0.25, -0.2) is 4.39 Å². The smallest absolute Gasteiger partial charge is 0.123 e. The second kappa shape index (κ2) is 9.12. The summed E-state index contributed by atoms with van der Waals surface area (Å²) in [4.78, 5) is 0. The van der Waals surface area contributed by atoms with E-state index >= 15 is 0 Å². The molecule has 0 aliphatic rings. The lowest BCUT2D eigenvalue weighted by Crippen LogP contribution is -2.38. The van der Waals surface area contributed by atoms with Gasteiger partial charge in [0.05, 0.1) is 0 Å². The molecule has 1 aromatic carbocycles. The molecule has 0 aliphatic carbocycles. The first-order valence-corrected chi connectivity index (χ1v) is 8.10. The molecular weight excluding hydrogens is 249 g/mol. The molecule has 0 spiro atoms. The van der Waals surface area contributed by atoms with Crippen LogP contribution in [0.4, 0.5) is 4.39 Å². The van der Waals surface area contributed by atoms with Crippen LogP contribution in [0.1, 0.15) is 57.6 Å². The number of likely N-dealkylation sites (N-methyl/N-ethyl adjacent to an activating group) is 1. The number of aryl methyl sites for hydroxylation is 1. The van der Waals surface area contributed by atoms with Crippen LogP contribution in [0, 0.1) is 18.7 Å². The molecule has 1 N–H and O–H groups in total. The number of nitrogens with one attached hydrogen (secondary N) is 1. The number of hydrogen-bond acceptors (Lipinski definition) is 1. The molecule has 0 bridgehead atoms. The minimum Gasteiger partial charge on any atom is -0.314 e. The van der Waals surface area contributed by atoms with Crippen molar-refractivity contribution in [3.05, 3.63) is 35.1 Å². The Morgan fingerprint density at radius 1 is 1.10 bits per heavy atom. The van der Waals surface area contributed by atoms with Gasteiger partial charge in [-0.3, -0.25) is 0 Å². The molecule has 0 aromatic heterocycles. The Labute approximate surface area is 124 Å². The molecule has 20 heavy (non-hydrogen) atoms. The van der Waals surface area contributed by atoms with Gasteiger partial charge in [0.1, 0.15) is 5.82 Å². The summed E-state index contributed by atoms with van der Waals surface area (Å²) in [5.41, 5.74) is 2.34. The Morgan fingerprint density at radius 2 is 1.75 bits per heavy atom. The molecule has 0 amide bonds. The average Bonchev–Trinajstić information content (AvgIpc) is 2.41. The molecule has 1 rings (SSSR count). The molecule has 114 valence electrons. The molecule has 0 radical (unpaired) electrons. The van der Waals surface area contributed by atoms with Crippen molar-refractivity contribution in [3.63, 3.8) is 0 Å². The summed E-state index contributed by atoms with van der Waals surface area (Å²) >= 11 is 0. The van der Waals surface area contributed by atoms with E-state index in [2.05, 4.69) is 26.1 Å². The van der Waals surface area contributed by atoms with Crippen LogP contribution < -0.4 is 5.32 Å². The van der Waals surface area contributed by atoms with E-state index in [1.165, 1.54) is 31.2 Å². The van der Waals surface area contributed by atoms with Gasteiger partial charge in [-0.2, -0.15) is 0 Å². The highest BCUT2D eigenvalue weighted by Gasteiger charge is 2.20. The van der Waals surface area contributed by atoms with Crippen LogP contribution in [0.2, 0.25) is 0 Å². The van der Waals surface area contributed by atoms with Crippen LogP contribution in [0.5, 0.6) is 0 Å². The largest absolute Gasteiger partial charge is 0.314 e. The molecule has 1 atom stereocenters. The first kappa shape index (κ1) is 17.2. The van der Waals surface area contributed by atoms with Crippen LogP contribution in [0.15, 0.2) is 18.2 Å². The predicted molar refractivity (Wildman–Crippen MR) is 85.6 cm³/mol. The SMILES string of the molecule is CCCC(CCC)C(Cc1ccc(F)cc1C)NCC. The zero-order valence-electron chi connectivity index (χ0n) is 13.5. The van der Waals surface area contributed by atoms with Crippen molar-refractivity contribution in [1.82, 2.24) is 5.32 Å². The van der Waals surface area contributed by atoms with Crippen LogP contribution >= 0.6 is 0 Å². The van der Waals surface area contributed by atoms with Crippen LogP contribution in [-0.2, 0) is 6.42 Å². The maximum Gasteiger partial charge on any atom is 0.123 e. The maximum absolute atomic E-state index is 13.2. The van der Waals surface area contributed by atoms with Crippen LogP contribution in [0.25, 0.3) is 0 Å². The highest BCUT2D eigenvalue weighted by Crippen LogP contribution is 2.22. The number of halogens is 1. The van der Waals surface area contributed by atoms with Crippen LogP contribution in [0.3, 0.4) is 0 Å².